The highest BCUT2D eigenvalue weighted by atomic mass is 35.5. The normalized spacial score (nSPS) is 11.0. The van der Waals surface area contributed by atoms with Gasteiger partial charge in [0.15, 0.2) is 0 Å². The fourth-order valence-corrected chi connectivity index (χ4v) is 3.99. The van der Waals surface area contributed by atoms with Crippen LogP contribution >= 0.6 is 23.2 Å². The molecule has 0 aliphatic rings. The van der Waals surface area contributed by atoms with E-state index in [0.29, 0.717) is 5.02 Å². The van der Waals surface area contributed by atoms with Crippen LogP contribution in [0.3, 0.4) is 0 Å². The Bertz CT molecular complexity index is 1230. The highest BCUT2D eigenvalue weighted by molar-refractivity contribution is 7.92. The van der Waals surface area contributed by atoms with Gasteiger partial charge in [-0.05, 0) is 54.6 Å². The molecule has 10 heteroatoms. The van der Waals surface area contributed by atoms with Gasteiger partial charge in [-0.25, -0.2) is 8.42 Å². The molecule has 3 rings (SSSR count). The summed E-state index contributed by atoms with van der Waals surface area (Å²) in [5, 5.41) is 3.16. The molecular weight excluding hydrogens is 449 g/mol. The number of para-hydroxylation sites is 1. The Kier molecular flexibility index (Phi) is 6.31. The van der Waals surface area contributed by atoms with Crippen molar-refractivity contribution in [1.82, 2.24) is 0 Å². The van der Waals surface area contributed by atoms with Gasteiger partial charge in [-0.1, -0.05) is 35.3 Å². The van der Waals surface area contributed by atoms with Gasteiger partial charge < -0.3 is 11.1 Å². The van der Waals surface area contributed by atoms with Crippen molar-refractivity contribution in [2.24, 2.45) is 5.73 Å². The van der Waals surface area contributed by atoms with E-state index in [2.05, 4.69) is 10.0 Å². The predicted molar refractivity (Wildman–Crippen MR) is 117 cm³/mol. The van der Waals surface area contributed by atoms with Crippen LogP contribution in [-0.4, -0.2) is 20.2 Å². The summed E-state index contributed by atoms with van der Waals surface area (Å²) < 4.78 is 27.8. The van der Waals surface area contributed by atoms with E-state index in [1.54, 1.807) is 12.1 Å². The monoisotopic (exact) mass is 463 g/mol. The molecular formula is C20H15Cl2N3O4S. The number of halogens is 2. The van der Waals surface area contributed by atoms with Gasteiger partial charge >= 0.3 is 0 Å². The molecule has 0 heterocycles. The first-order valence-corrected chi connectivity index (χ1v) is 10.7. The van der Waals surface area contributed by atoms with Gasteiger partial charge in [-0.3, -0.25) is 14.3 Å². The standard InChI is InChI=1S/C20H15Cl2N3O4S/c21-12-5-8-14(9-6-12)30(28,29)25-18-10-7-13(22)11-16(18)20(27)24-17-4-2-1-3-15(17)19(23)26/h1-11,25H,(H2,23,26)(H,24,27). The van der Waals surface area contributed by atoms with Gasteiger partial charge in [-0.15, -0.1) is 0 Å². The maximum atomic E-state index is 12.9. The molecule has 0 atom stereocenters. The number of nitrogens with one attached hydrogen (secondary N) is 2. The van der Waals surface area contributed by atoms with E-state index >= 15 is 0 Å². The number of rotatable bonds is 6. The minimum Gasteiger partial charge on any atom is -0.366 e. The minimum atomic E-state index is -4.00. The predicted octanol–water partition coefficient (Wildman–Crippen LogP) is 4.15. The van der Waals surface area contributed by atoms with E-state index in [-0.39, 0.29) is 32.4 Å². The van der Waals surface area contributed by atoms with Crippen LogP contribution in [0.5, 0.6) is 0 Å². The summed E-state index contributed by atoms with van der Waals surface area (Å²) in [7, 11) is -4.00. The summed E-state index contributed by atoms with van der Waals surface area (Å²) in [4.78, 5) is 24.4. The quantitative estimate of drug-likeness (QED) is 0.508. The number of nitrogens with two attached hydrogens (primary N) is 1. The lowest BCUT2D eigenvalue weighted by Crippen LogP contribution is -2.21. The number of benzene rings is 3. The van der Waals surface area contributed by atoms with Gasteiger partial charge in [0, 0.05) is 10.0 Å². The number of anilines is 2. The molecule has 0 saturated carbocycles. The van der Waals surface area contributed by atoms with E-state index in [1.165, 1.54) is 54.6 Å². The number of amides is 2. The molecule has 0 radical (unpaired) electrons. The van der Waals surface area contributed by atoms with Crippen LogP contribution in [-0.2, 0) is 10.0 Å². The molecule has 3 aromatic carbocycles. The van der Waals surface area contributed by atoms with Crippen molar-refractivity contribution in [2.45, 2.75) is 4.90 Å². The first-order valence-electron chi connectivity index (χ1n) is 8.45. The molecule has 0 fully saturated rings. The Morgan fingerprint density at radius 2 is 1.43 bits per heavy atom. The molecule has 0 bridgehead atoms. The molecule has 0 aliphatic carbocycles. The molecule has 154 valence electrons. The molecule has 30 heavy (non-hydrogen) atoms. The molecule has 0 aromatic heterocycles. The topological polar surface area (TPSA) is 118 Å². The lowest BCUT2D eigenvalue weighted by atomic mass is 10.1. The zero-order chi connectivity index (χ0) is 21.9. The minimum absolute atomic E-state index is 0.00315. The molecule has 2 amide bonds. The summed E-state index contributed by atoms with van der Waals surface area (Å²) in [6, 6.07) is 15.8. The lowest BCUT2D eigenvalue weighted by Gasteiger charge is -2.14. The maximum Gasteiger partial charge on any atom is 0.261 e. The number of hydrogen-bond donors (Lipinski definition) is 3. The average Bonchev–Trinajstić information content (AvgIpc) is 2.69. The van der Waals surface area contributed by atoms with Crippen LogP contribution in [0, 0.1) is 0 Å². The van der Waals surface area contributed by atoms with Crippen molar-refractivity contribution in [2.75, 3.05) is 10.0 Å². The van der Waals surface area contributed by atoms with E-state index < -0.39 is 21.8 Å². The average molecular weight is 464 g/mol. The van der Waals surface area contributed by atoms with Crippen LogP contribution in [0.4, 0.5) is 11.4 Å². The smallest absolute Gasteiger partial charge is 0.261 e. The third kappa shape index (κ3) is 4.91. The van der Waals surface area contributed by atoms with Gasteiger partial charge in [-0.2, -0.15) is 0 Å². The Morgan fingerprint density at radius 3 is 2.10 bits per heavy atom. The maximum absolute atomic E-state index is 12.9. The highest BCUT2D eigenvalue weighted by Crippen LogP contribution is 2.26. The highest BCUT2D eigenvalue weighted by Gasteiger charge is 2.20. The zero-order valence-corrected chi connectivity index (χ0v) is 17.6. The Hall–Kier alpha value is -3.07. The van der Waals surface area contributed by atoms with Crippen molar-refractivity contribution in [1.29, 1.82) is 0 Å². The third-order valence-electron chi connectivity index (χ3n) is 4.04. The van der Waals surface area contributed by atoms with E-state index in [0.717, 1.165) is 0 Å². The second-order valence-corrected chi connectivity index (χ2v) is 8.67. The van der Waals surface area contributed by atoms with E-state index in [4.69, 9.17) is 28.9 Å². The van der Waals surface area contributed by atoms with Crippen molar-refractivity contribution in [3.8, 4) is 0 Å². The lowest BCUT2D eigenvalue weighted by molar-refractivity contribution is 0.100. The van der Waals surface area contributed by atoms with Crippen LogP contribution in [0.1, 0.15) is 20.7 Å². The van der Waals surface area contributed by atoms with Crippen molar-refractivity contribution < 1.29 is 18.0 Å². The first-order chi connectivity index (χ1) is 14.2. The number of carbonyl (C=O) groups is 2. The van der Waals surface area contributed by atoms with E-state index in [1.807, 2.05) is 0 Å². The van der Waals surface area contributed by atoms with Crippen LogP contribution in [0.15, 0.2) is 71.6 Å². The first kappa shape index (κ1) is 21.6. The fraction of sp³-hybridized carbons (Fsp3) is 0. The number of hydrogen-bond acceptors (Lipinski definition) is 4. The molecule has 0 spiro atoms. The Labute approximate surface area is 182 Å². The fourth-order valence-electron chi connectivity index (χ4n) is 2.61. The summed E-state index contributed by atoms with van der Waals surface area (Å²) >= 11 is 11.8. The summed E-state index contributed by atoms with van der Waals surface area (Å²) in [6.45, 7) is 0. The van der Waals surface area contributed by atoms with Crippen molar-refractivity contribution in [3.05, 3.63) is 87.9 Å². The summed E-state index contributed by atoms with van der Waals surface area (Å²) in [5.74, 6) is -1.40. The second-order valence-electron chi connectivity index (χ2n) is 6.11. The van der Waals surface area contributed by atoms with Crippen molar-refractivity contribution >= 4 is 56.4 Å². The number of carbonyl (C=O) groups excluding carboxylic acids is 2. The molecule has 0 saturated heterocycles. The van der Waals surface area contributed by atoms with Gasteiger partial charge in [0.25, 0.3) is 21.8 Å². The number of primary amides is 1. The summed E-state index contributed by atoms with van der Waals surface area (Å²) in [6.07, 6.45) is 0. The molecule has 3 aromatic rings. The van der Waals surface area contributed by atoms with Crippen LogP contribution < -0.4 is 15.8 Å². The Balaban J connectivity index is 1.95. The Morgan fingerprint density at radius 1 is 0.800 bits per heavy atom. The second kappa shape index (κ2) is 8.74. The molecule has 4 N–H and O–H groups in total. The largest absolute Gasteiger partial charge is 0.366 e. The van der Waals surface area contributed by atoms with Gasteiger partial charge in [0.1, 0.15) is 0 Å². The van der Waals surface area contributed by atoms with Crippen LogP contribution in [0.25, 0.3) is 0 Å². The molecule has 0 aliphatic heterocycles. The molecule has 7 nitrogen and oxygen atoms in total. The summed E-state index contributed by atoms with van der Waals surface area (Å²) in [5.41, 5.74) is 5.58. The SMILES string of the molecule is NC(=O)c1ccccc1NC(=O)c1cc(Cl)ccc1NS(=O)(=O)c1ccc(Cl)cc1. The third-order valence-corrected chi connectivity index (χ3v) is 5.90. The zero-order valence-electron chi connectivity index (χ0n) is 15.2. The van der Waals surface area contributed by atoms with Crippen molar-refractivity contribution in [3.63, 3.8) is 0 Å². The van der Waals surface area contributed by atoms with E-state index in [9.17, 15) is 18.0 Å². The van der Waals surface area contributed by atoms with Gasteiger partial charge in [0.05, 0.1) is 27.4 Å². The molecule has 0 unspecified atom stereocenters. The van der Waals surface area contributed by atoms with Gasteiger partial charge in [0.2, 0.25) is 0 Å². The van der Waals surface area contributed by atoms with Crippen LogP contribution in [0.2, 0.25) is 10.0 Å². The number of sulfonamides is 1.